The molecule has 8 heteroatoms. The zero-order valence-electron chi connectivity index (χ0n) is 18.8. The van der Waals surface area contributed by atoms with Crippen molar-refractivity contribution in [1.29, 1.82) is 0 Å². The molecule has 0 spiro atoms. The minimum absolute atomic E-state index is 0.0685. The number of amides is 3. The van der Waals surface area contributed by atoms with Crippen molar-refractivity contribution in [2.75, 3.05) is 13.1 Å². The predicted octanol–water partition coefficient (Wildman–Crippen LogP) is 1.47. The average Bonchev–Trinajstić information content (AvgIpc) is 2.99. The molecule has 1 aliphatic heterocycles. The summed E-state index contributed by atoms with van der Waals surface area (Å²) in [4.78, 5) is 42.3. The molecule has 4 N–H and O–H groups in total. The Balaban J connectivity index is 1.55. The van der Waals surface area contributed by atoms with Crippen molar-refractivity contribution in [1.82, 2.24) is 15.2 Å². The standard InChI is InChI=1S/C25H31N4O4/c1-17(25(26)33)10-11-23(31)28-21-9-5-13-29(16-22(21)30)24(32)15-18-6-4-7-19(14-18)20-8-2-3-12-27-20/h2-4,6-8,11-12,14,17,21-22,30H,5,9-10,13,15-16H2,1H3,(H2,26,33)(H,28,31)/t17?,21?,22-/m0/s1. The van der Waals surface area contributed by atoms with Crippen LogP contribution in [-0.4, -0.2) is 57.9 Å². The highest BCUT2D eigenvalue weighted by molar-refractivity contribution is 5.86. The summed E-state index contributed by atoms with van der Waals surface area (Å²) < 4.78 is 0. The van der Waals surface area contributed by atoms with E-state index in [1.165, 1.54) is 6.42 Å². The van der Waals surface area contributed by atoms with Gasteiger partial charge >= 0.3 is 0 Å². The Morgan fingerprint density at radius 1 is 1.27 bits per heavy atom. The van der Waals surface area contributed by atoms with Crippen LogP contribution in [0.3, 0.4) is 0 Å². The molecule has 3 atom stereocenters. The second kappa shape index (κ2) is 11.6. The summed E-state index contributed by atoms with van der Waals surface area (Å²) in [5, 5.41) is 13.4. The van der Waals surface area contributed by atoms with E-state index in [2.05, 4.69) is 10.3 Å². The van der Waals surface area contributed by atoms with Gasteiger partial charge in [0, 0.05) is 30.8 Å². The van der Waals surface area contributed by atoms with Crippen molar-refractivity contribution in [2.24, 2.45) is 11.7 Å². The number of rotatable bonds is 8. The average molecular weight is 452 g/mol. The van der Waals surface area contributed by atoms with Crippen LogP contribution in [-0.2, 0) is 20.8 Å². The van der Waals surface area contributed by atoms with Gasteiger partial charge in [-0.25, -0.2) is 0 Å². The number of aliphatic hydroxyl groups is 1. The minimum Gasteiger partial charge on any atom is -0.389 e. The zero-order chi connectivity index (χ0) is 23.8. The number of likely N-dealkylation sites (tertiary alicyclic amines) is 1. The second-order valence-corrected chi connectivity index (χ2v) is 8.50. The van der Waals surface area contributed by atoms with E-state index in [9.17, 15) is 19.5 Å². The molecular formula is C25H31N4O4. The summed E-state index contributed by atoms with van der Waals surface area (Å²) in [6.45, 7) is 2.33. The number of hydrogen-bond acceptors (Lipinski definition) is 5. The maximum atomic E-state index is 12.9. The molecule has 1 fully saturated rings. The maximum Gasteiger partial charge on any atom is 0.227 e. The van der Waals surface area contributed by atoms with Gasteiger partial charge in [0.15, 0.2) is 0 Å². The topological polar surface area (TPSA) is 126 Å². The van der Waals surface area contributed by atoms with Crippen molar-refractivity contribution in [2.45, 2.75) is 44.8 Å². The highest BCUT2D eigenvalue weighted by atomic mass is 16.3. The van der Waals surface area contributed by atoms with Gasteiger partial charge in [0.25, 0.3) is 0 Å². The number of carbonyl (C=O) groups excluding carboxylic acids is 3. The maximum absolute atomic E-state index is 12.9. The van der Waals surface area contributed by atoms with Crippen LogP contribution < -0.4 is 11.1 Å². The lowest BCUT2D eigenvalue weighted by atomic mass is 10.0. The smallest absolute Gasteiger partial charge is 0.227 e. The number of carbonyl (C=O) groups is 3. The highest BCUT2D eigenvalue weighted by Crippen LogP contribution is 2.19. The molecule has 2 unspecified atom stereocenters. The van der Waals surface area contributed by atoms with Gasteiger partial charge in [-0.2, -0.15) is 0 Å². The molecule has 8 nitrogen and oxygen atoms in total. The first-order chi connectivity index (χ1) is 15.8. The SMILES string of the molecule is CC(C[CH]C(=O)NC1CCCN(C(=O)Cc2cccc(-c3ccccn3)c2)C[C@@H]1O)C(N)=O. The molecule has 3 amide bonds. The fraction of sp³-hybridized carbons (Fsp3) is 0.400. The third-order valence-electron chi connectivity index (χ3n) is 5.88. The van der Waals surface area contributed by atoms with E-state index < -0.39 is 24.0 Å². The lowest BCUT2D eigenvalue weighted by molar-refractivity contribution is -0.131. The quantitative estimate of drug-likeness (QED) is 0.560. The summed E-state index contributed by atoms with van der Waals surface area (Å²) in [5.74, 6) is -1.31. The Bertz CT molecular complexity index is 966. The normalized spacial score (nSPS) is 19.4. The van der Waals surface area contributed by atoms with E-state index in [1.807, 2.05) is 42.5 Å². The second-order valence-electron chi connectivity index (χ2n) is 8.50. The van der Waals surface area contributed by atoms with E-state index in [-0.39, 0.29) is 31.2 Å². The molecule has 1 aliphatic rings. The summed E-state index contributed by atoms with van der Waals surface area (Å²) >= 11 is 0. The van der Waals surface area contributed by atoms with E-state index in [4.69, 9.17) is 5.73 Å². The van der Waals surface area contributed by atoms with Crippen LogP contribution in [0.15, 0.2) is 48.7 Å². The van der Waals surface area contributed by atoms with Gasteiger partial charge in [0.2, 0.25) is 17.7 Å². The van der Waals surface area contributed by atoms with Gasteiger partial charge in [-0.05, 0) is 43.0 Å². The molecule has 3 rings (SSSR count). The number of nitrogens with zero attached hydrogens (tertiary/aromatic N) is 2. The number of primary amides is 1. The van der Waals surface area contributed by atoms with E-state index in [0.29, 0.717) is 19.4 Å². The van der Waals surface area contributed by atoms with Crippen LogP contribution in [0.4, 0.5) is 0 Å². The zero-order valence-corrected chi connectivity index (χ0v) is 18.8. The summed E-state index contributed by atoms with van der Waals surface area (Å²) in [6.07, 6.45) is 3.93. The highest BCUT2D eigenvalue weighted by Gasteiger charge is 2.29. The number of pyridine rings is 1. The Kier molecular flexibility index (Phi) is 8.54. The molecule has 1 radical (unpaired) electrons. The Labute approximate surface area is 194 Å². The number of hydrogen-bond donors (Lipinski definition) is 3. The van der Waals surface area contributed by atoms with Crippen LogP contribution in [0.5, 0.6) is 0 Å². The first kappa shape index (κ1) is 24.4. The lowest BCUT2D eigenvalue weighted by Crippen LogP contribution is -2.47. The predicted molar refractivity (Wildman–Crippen MR) is 124 cm³/mol. The van der Waals surface area contributed by atoms with Crippen molar-refractivity contribution in [3.63, 3.8) is 0 Å². The van der Waals surface area contributed by atoms with Gasteiger partial charge in [-0.1, -0.05) is 31.2 Å². The summed E-state index contributed by atoms with van der Waals surface area (Å²) in [7, 11) is 0. The van der Waals surface area contributed by atoms with Crippen molar-refractivity contribution < 1.29 is 19.5 Å². The van der Waals surface area contributed by atoms with Crippen LogP contribution in [0.2, 0.25) is 0 Å². The van der Waals surface area contributed by atoms with Crippen LogP contribution in [0.25, 0.3) is 11.3 Å². The van der Waals surface area contributed by atoms with Crippen molar-refractivity contribution in [3.8, 4) is 11.3 Å². The molecule has 2 aromatic rings. The van der Waals surface area contributed by atoms with E-state index in [0.717, 1.165) is 16.8 Å². The van der Waals surface area contributed by atoms with Gasteiger partial charge in [-0.15, -0.1) is 0 Å². The van der Waals surface area contributed by atoms with Gasteiger partial charge in [0.1, 0.15) is 0 Å². The van der Waals surface area contributed by atoms with Gasteiger partial charge in [-0.3, -0.25) is 19.4 Å². The molecule has 33 heavy (non-hydrogen) atoms. The number of benzene rings is 1. The van der Waals surface area contributed by atoms with Crippen LogP contribution >= 0.6 is 0 Å². The molecule has 0 saturated carbocycles. The molecule has 1 saturated heterocycles. The van der Waals surface area contributed by atoms with Crippen LogP contribution in [0, 0.1) is 12.3 Å². The number of nitrogens with two attached hydrogens (primary N) is 1. The number of nitrogens with one attached hydrogen (secondary N) is 1. The fourth-order valence-electron chi connectivity index (χ4n) is 3.84. The van der Waals surface area contributed by atoms with E-state index >= 15 is 0 Å². The fourth-order valence-corrected chi connectivity index (χ4v) is 3.84. The van der Waals surface area contributed by atoms with E-state index in [1.54, 1.807) is 18.0 Å². The van der Waals surface area contributed by atoms with Crippen LogP contribution in [0.1, 0.15) is 31.7 Å². The van der Waals surface area contributed by atoms with Gasteiger partial charge < -0.3 is 21.1 Å². The molecule has 0 aliphatic carbocycles. The molecule has 175 valence electrons. The Morgan fingerprint density at radius 3 is 2.82 bits per heavy atom. The molecule has 0 bridgehead atoms. The van der Waals surface area contributed by atoms with Crippen molar-refractivity contribution >= 4 is 17.7 Å². The number of β-amino-alcohol motifs (C(OH)–C–C–N with tert-alkyl or cyclic N) is 1. The molecule has 2 heterocycles. The largest absolute Gasteiger partial charge is 0.389 e. The first-order valence-corrected chi connectivity index (χ1v) is 11.2. The Morgan fingerprint density at radius 2 is 2.09 bits per heavy atom. The third kappa shape index (κ3) is 7.12. The number of aliphatic hydroxyl groups excluding tert-OH is 1. The number of aromatic nitrogens is 1. The summed E-state index contributed by atoms with van der Waals surface area (Å²) in [5.41, 5.74) is 7.88. The Hall–Kier alpha value is -3.26. The first-order valence-electron chi connectivity index (χ1n) is 11.2. The third-order valence-corrected chi connectivity index (χ3v) is 5.88. The molecule has 1 aromatic carbocycles. The minimum atomic E-state index is -0.873. The summed E-state index contributed by atoms with van der Waals surface area (Å²) in [6, 6.07) is 13.0. The van der Waals surface area contributed by atoms with Crippen molar-refractivity contribution in [3.05, 3.63) is 60.6 Å². The lowest BCUT2D eigenvalue weighted by Gasteiger charge is -2.25. The molecule has 1 aromatic heterocycles. The monoisotopic (exact) mass is 451 g/mol. The molecular weight excluding hydrogens is 420 g/mol. The van der Waals surface area contributed by atoms with Gasteiger partial charge in [0.05, 0.1) is 30.7 Å².